The molecule has 1 aromatic carbocycles. The molecule has 0 bridgehead atoms. The zero-order chi connectivity index (χ0) is 22.0. The first-order valence-electron chi connectivity index (χ1n) is 9.90. The zero-order valence-electron chi connectivity index (χ0n) is 17.8. The number of halogens is 1. The van der Waals surface area contributed by atoms with Crippen molar-refractivity contribution in [3.8, 4) is 23.6 Å². The van der Waals surface area contributed by atoms with Gasteiger partial charge in [0.05, 0.1) is 12.1 Å². The van der Waals surface area contributed by atoms with Gasteiger partial charge in [-0.05, 0) is 19.1 Å². The SMILES string of the molecule is CC#CCn1c(N2CCNCC2)nc2nc(Oc3ccccc3C(N)=O)n(C)c(=O)c21.Cl. The van der Waals surface area contributed by atoms with E-state index in [1.807, 2.05) is 0 Å². The van der Waals surface area contributed by atoms with Gasteiger partial charge in [-0.3, -0.25) is 18.7 Å². The van der Waals surface area contributed by atoms with E-state index in [1.54, 1.807) is 42.8 Å². The van der Waals surface area contributed by atoms with Gasteiger partial charge >= 0.3 is 6.01 Å². The van der Waals surface area contributed by atoms with Crippen molar-refractivity contribution >= 4 is 35.4 Å². The van der Waals surface area contributed by atoms with Crippen LogP contribution in [-0.2, 0) is 13.6 Å². The fraction of sp³-hybridized carbons (Fsp3) is 0.333. The monoisotopic (exact) mass is 457 g/mol. The Bertz CT molecular complexity index is 1270. The predicted octanol–water partition coefficient (Wildman–Crippen LogP) is 0.876. The van der Waals surface area contributed by atoms with Crippen molar-refractivity contribution in [2.75, 3.05) is 31.1 Å². The van der Waals surface area contributed by atoms with Crippen LogP contribution in [0, 0.1) is 11.8 Å². The smallest absolute Gasteiger partial charge is 0.306 e. The number of anilines is 1. The maximum atomic E-state index is 13.2. The molecule has 2 aromatic heterocycles. The molecule has 3 aromatic rings. The molecule has 1 aliphatic rings. The van der Waals surface area contributed by atoms with Gasteiger partial charge in [-0.2, -0.15) is 9.97 Å². The van der Waals surface area contributed by atoms with Gasteiger partial charge in [0.2, 0.25) is 5.95 Å². The van der Waals surface area contributed by atoms with E-state index < -0.39 is 5.91 Å². The van der Waals surface area contributed by atoms with Gasteiger partial charge in [0.25, 0.3) is 11.5 Å². The van der Waals surface area contributed by atoms with Crippen LogP contribution in [0.3, 0.4) is 0 Å². The Balaban J connectivity index is 0.00000289. The van der Waals surface area contributed by atoms with Gasteiger partial charge in [0.15, 0.2) is 11.2 Å². The Morgan fingerprint density at radius 3 is 2.66 bits per heavy atom. The second-order valence-electron chi connectivity index (χ2n) is 7.06. The number of piperazine rings is 1. The Kier molecular flexibility index (Phi) is 7.02. The van der Waals surface area contributed by atoms with Crippen molar-refractivity contribution in [2.24, 2.45) is 12.8 Å². The third-order valence-electron chi connectivity index (χ3n) is 5.09. The van der Waals surface area contributed by atoms with Crippen LogP contribution in [0.5, 0.6) is 11.8 Å². The number of aromatic nitrogens is 4. The number of ether oxygens (including phenoxy) is 1. The summed E-state index contributed by atoms with van der Waals surface area (Å²) in [5, 5.41) is 3.31. The minimum atomic E-state index is -0.634. The van der Waals surface area contributed by atoms with Crippen molar-refractivity contribution < 1.29 is 9.53 Å². The lowest BCUT2D eigenvalue weighted by Crippen LogP contribution is -2.44. The van der Waals surface area contributed by atoms with Gasteiger partial charge in [-0.15, -0.1) is 18.3 Å². The lowest BCUT2D eigenvalue weighted by molar-refractivity contribution is 0.0998. The van der Waals surface area contributed by atoms with Crippen LogP contribution in [0.1, 0.15) is 17.3 Å². The van der Waals surface area contributed by atoms with E-state index in [0.29, 0.717) is 18.0 Å². The standard InChI is InChI=1S/C21H23N7O3.ClH/c1-3-4-11-28-16-18(24-20(28)27-12-9-23-10-13-27)25-21(26(2)19(16)30)31-15-8-6-5-7-14(15)17(22)29;/h5-8,23H,9-13H2,1-2H3,(H2,22,29);1H. The highest BCUT2D eigenvalue weighted by molar-refractivity contribution is 5.95. The lowest BCUT2D eigenvalue weighted by Gasteiger charge is -2.28. The van der Waals surface area contributed by atoms with Gasteiger partial charge in [-0.25, -0.2) is 0 Å². The molecule has 0 aliphatic carbocycles. The Labute approximate surface area is 190 Å². The van der Waals surface area contributed by atoms with Crippen LogP contribution in [0.15, 0.2) is 29.1 Å². The molecule has 32 heavy (non-hydrogen) atoms. The van der Waals surface area contributed by atoms with Crippen LogP contribution in [-0.4, -0.2) is 51.2 Å². The number of carbonyl (C=O) groups excluding carboxylic acids is 1. The maximum absolute atomic E-state index is 13.2. The summed E-state index contributed by atoms with van der Waals surface area (Å²) in [7, 11) is 1.56. The first-order valence-corrected chi connectivity index (χ1v) is 9.90. The quantitative estimate of drug-likeness (QED) is 0.545. The number of hydrogen-bond acceptors (Lipinski definition) is 7. The second-order valence-corrected chi connectivity index (χ2v) is 7.06. The molecule has 1 aliphatic heterocycles. The molecule has 0 atom stereocenters. The molecule has 0 saturated carbocycles. The minimum Gasteiger partial charge on any atom is -0.425 e. The highest BCUT2D eigenvalue weighted by Gasteiger charge is 2.24. The van der Waals surface area contributed by atoms with Crippen LogP contribution >= 0.6 is 12.4 Å². The van der Waals surface area contributed by atoms with E-state index >= 15 is 0 Å². The van der Waals surface area contributed by atoms with E-state index in [2.05, 4.69) is 32.0 Å². The van der Waals surface area contributed by atoms with Crippen LogP contribution in [0.4, 0.5) is 5.95 Å². The van der Waals surface area contributed by atoms with E-state index in [9.17, 15) is 9.59 Å². The number of nitrogens with two attached hydrogens (primary N) is 1. The molecule has 3 N–H and O–H groups in total. The average molecular weight is 458 g/mol. The average Bonchev–Trinajstić information content (AvgIpc) is 3.15. The van der Waals surface area contributed by atoms with Crippen LogP contribution in [0.25, 0.3) is 11.2 Å². The largest absolute Gasteiger partial charge is 0.425 e. The van der Waals surface area contributed by atoms with E-state index in [1.165, 1.54) is 4.57 Å². The molecule has 4 rings (SSSR count). The number of imidazole rings is 1. The van der Waals surface area contributed by atoms with Crippen molar-refractivity contribution in [3.05, 3.63) is 40.2 Å². The summed E-state index contributed by atoms with van der Waals surface area (Å²) in [6, 6.07) is 6.55. The van der Waals surface area contributed by atoms with E-state index in [4.69, 9.17) is 10.5 Å². The molecular formula is C21H24ClN7O3. The normalized spacial score (nSPS) is 13.2. The topological polar surface area (TPSA) is 120 Å². The maximum Gasteiger partial charge on any atom is 0.306 e. The summed E-state index contributed by atoms with van der Waals surface area (Å²) < 4.78 is 8.91. The van der Waals surface area contributed by atoms with Gasteiger partial charge < -0.3 is 20.7 Å². The summed E-state index contributed by atoms with van der Waals surface area (Å²) in [6.07, 6.45) is 0. The first kappa shape index (κ1) is 23.1. The fourth-order valence-electron chi connectivity index (χ4n) is 3.49. The molecule has 1 saturated heterocycles. The Morgan fingerprint density at radius 1 is 1.25 bits per heavy atom. The van der Waals surface area contributed by atoms with Crippen LogP contribution < -0.4 is 26.2 Å². The number of hydrogen-bond donors (Lipinski definition) is 2. The number of carbonyl (C=O) groups is 1. The van der Waals surface area contributed by atoms with Crippen molar-refractivity contribution in [2.45, 2.75) is 13.5 Å². The molecule has 0 radical (unpaired) electrons. The van der Waals surface area contributed by atoms with Crippen molar-refractivity contribution in [1.82, 2.24) is 24.4 Å². The summed E-state index contributed by atoms with van der Waals surface area (Å²) in [6.45, 7) is 5.26. The number of nitrogens with zero attached hydrogens (tertiary/aromatic N) is 5. The van der Waals surface area contributed by atoms with E-state index in [-0.39, 0.29) is 40.9 Å². The number of fused-ring (bicyclic) bond motifs is 1. The van der Waals surface area contributed by atoms with Crippen molar-refractivity contribution in [1.29, 1.82) is 0 Å². The third-order valence-corrected chi connectivity index (χ3v) is 5.09. The fourth-order valence-corrected chi connectivity index (χ4v) is 3.49. The number of nitrogens with one attached hydrogen (secondary N) is 1. The third kappa shape index (κ3) is 4.26. The summed E-state index contributed by atoms with van der Waals surface area (Å²) in [4.78, 5) is 36.2. The summed E-state index contributed by atoms with van der Waals surface area (Å²) >= 11 is 0. The molecule has 1 amide bonds. The first-order chi connectivity index (χ1) is 15.0. The number of amides is 1. The molecule has 168 valence electrons. The number of benzene rings is 1. The highest BCUT2D eigenvalue weighted by Crippen LogP contribution is 2.25. The zero-order valence-corrected chi connectivity index (χ0v) is 18.6. The summed E-state index contributed by atoms with van der Waals surface area (Å²) in [5.41, 5.74) is 5.93. The van der Waals surface area contributed by atoms with Crippen molar-refractivity contribution in [3.63, 3.8) is 0 Å². The minimum absolute atomic E-state index is 0. The Hall–Kier alpha value is -3.55. The number of primary amides is 1. The van der Waals surface area contributed by atoms with Gasteiger partial charge in [0, 0.05) is 33.2 Å². The number of rotatable bonds is 5. The number of para-hydroxylation sites is 1. The molecule has 0 unspecified atom stereocenters. The molecule has 1 fully saturated rings. The highest BCUT2D eigenvalue weighted by atomic mass is 35.5. The van der Waals surface area contributed by atoms with Gasteiger partial charge in [-0.1, -0.05) is 18.1 Å². The predicted molar refractivity (Wildman–Crippen MR) is 124 cm³/mol. The molecule has 11 heteroatoms. The second kappa shape index (κ2) is 9.72. The Morgan fingerprint density at radius 2 is 1.97 bits per heavy atom. The molecule has 3 heterocycles. The van der Waals surface area contributed by atoms with Crippen LogP contribution in [0.2, 0.25) is 0 Å². The molecule has 0 spiro atoms. The molecular weight excluding hydrogens is 434 g/mol. The van der Waals surface area contributed by atoms with E-state index in [0.717, 1.165) is 26.2 Å². The summed E-state index contributed by atoms with van der Waals surface area (Å²) in [5.74, 6) is 6.12. The lowest BCUT2D eigenvalue weighted by atomic mass is 10.2. The molecule has 10 nitrogen and oxygen atoms in total. The van der Waals surface area contributed by atoms with Gasteiger partial charge in [0.1, 0.15) is 5.75 Å².